The standard InChI is InChI=1S/C25H32N4O2/c30-24(18-7-3-1-4-8-18)26-13-14-29-16-21-12-11-20-15-28(17-22(20)23(21)27-29)25(31)19-9-5-2-6-10-19/h1,3-4,7-8,16,19-20,22H,2,5-6,9-15,17H2,(H,26,30)/t20-,22+/m1/s1. The lowest BCUT2D eigenvalue weighted by Crippen LogP contribution is -2.35. The topological polar surface area (TPSA) is 67.2 Å². The van der Waals surface area contributed by atoms with E-state index < -0.39 is 0 Å². The lowest BCUT2D eigenvalue weighted by molar-refractivity contribution is -0.135. The van der Waals surface area contributed by atoms with Gasteiger partial charge in [0.1, 0.15) is 0 Å². The molecule has 31 heavy (non-hydrogen) atoms. The van der Waals surface area contributed by atoms with E-state index in [9.17, 15) is 9.59 Å². The summed E-state index contributed by atoms with van der Waals surface area (Å²) >= 11 is 0. The molecule has 0 spiro atoms. The van der Waals surface area contributed by atoms with Crippen molar-refractivity contribution in [3.05, 3.63) is 53.3 Å². The first-order valence-electron chi connectivity index (χ1n) is 11.9. The van der Waals surface area contributed by atoms with Crippen LogP contribution in [0.4, 0.5) is 0 Å². The number of rotatable bonds is 5. The van der Waals surface area contributed by atoms with Crippen molar-refractivity contribution in [3.8, 4) is 0 Å². The molecule has 2 fully saturated rings. The maximum absolute atomic E-state index is 13.0. The largest absolute Gasteiger partial charge is 0.350 e. The summed E-state index contributed by atoms with van der Waals surface area (Å²) in [6.45, 7) is 2.94. The summed E-state index contributed by atoms with van der Waals surface area (Å²) in [5.41, 5.74) is 3.19. The minimum Gasteiger partial charge on any atom is -0.350 e. The maximum atomic E-state index is 13.0. The van der Waals surface area contributed by atoms with Gasteiger partial charge in [0.2, 0.25) is 5.91 Å². The van der Waals surface area contributed by atoms with Crippen LogP contribution in [0.15, 0.2) is 36.5 Å². The van der Waals surface area contributed by atoms with Crippen molar-refractivity contribution in [2.75, 3.05) is 19.6 Å². The summed E-state index contributed by atoms with van der Waals surface area (Å²) in [4.78, 5) is 27.4. The van der Waals surface area contributed by atoms with E-state index in [1.165, 1.54) is 30.5 Å². The van der Waals surface area contributed by atoms with Gasteiger partial charge in [-0.05, 0) is 49.3 Å². The molecule has 1 aromatic carbocycles. The molecule has 0 unspecified atom stereocenters. The molecule has 1 saturated heterocycles. The Balaban J connectivity index is 1.19. The number of carbonyl (C=O) groups is 2. The van der Waals surface area contributed by atoms with E-state index in [-0.39, 0.29) is 11.8 Å². The number of hydrogen-bond donors (Lipinski definition) is 1. The van der Waals surface area contributed by atoms with Crippen LogP contribution in [0.5, 0.6) is 0 Å². The van der Waals surface area contributed by atoms with Gasteiger partial charge in [-0.2, -0.15) is 5.10 Å². The quantitative estimate of drug-likeness (QED) is 0.806. The van der Waals surface area contributed by atoms with Crippen molar-refractivity contribution in [1.29, 1.82) is 0 Å². The van der Waals surface area contributed by atoms with Crippen molar-refractivity contribution in [2.45, 2.75) is 57.4 Å². The molecule has 2 aromatic rings. The second-order valence-corrected chi connectivity index (χ2v) is 9.41. The zero-order valence-corrected chi connectivity index (χ0v) is 18.1. The number of nitrogens with one attached hydrogen (secondary N) is 1. The first-order valence-corrected chi connectivity index (χ1v) is 11.9. The molecule has 1 aliphatic heterocycles. The summed E-state index contributed by atoms with van der Waals surface area (Å²) < 4.78 is 1.98. The average Bonchev–Trinajstić information content (AvgIpc) is 3.43. The molecule has 1 aromatic heterocycles. The number of amides is 2. The number of benzene rings is 1. The Kier molecular flexibility index (Phi) is 5.79. The first kappa shape index (κ1) is 20.3. The van der Waals surface area contributed by atoms with Crippen LogP contribution in [0.3, 0.4) is 0 Å². The van der Waals surface area contributed by atoms with Gasteiger partial charge in [-0.15, -0.1) is 0 Å². The van der Waals surface area contributed by atoms with Crippen molar-refractivity contribution in [1.82, 2.24) is 20.0 Å². The Morgan fingerprint density at radius 3 is 2.65 bits per heavy atom. The van der Waals surface area contributed by atoms with Gasteiger partial charge in [-0.25, -0.2) is 0 Å². The highest BCUT2D eigenvalue weighted by Crippen LogP contribution is 2.41. The molecule has 2 amide bonds. The van der Waals surface area contributed by atoms with E-state index in [1.54, 1.807) is 0 Å². The third-order valence-corrected chi connectivity index (χ3v) is 7.38. The fourth-order valence-corrected chi connectivity index (χ4v) is 5.67. The molecule has 1 saturated carbocycles. The third kappa shape index (κ3) is 4.25. The van der Waals surface area contributed by atoms with Crippen molar-refractivity contribution in [3.63, 3.8) is 0 Å². The first-order chi connectivity index (χ1) is 15.2. The number of aromatic nitrogens is 2. The van der Waals surface area contributed by atoms with Gasteiger partial charge in [-0.1, -0.05) is 37.5 Å². The molecular weight excluding hydrogens is 388 g/mol. The highest BCUT2D eigenvalue weighted by Gasteiger charge is 2.42. The zero-order chi connectivity index (χ0) is 21.2. The maximum Gasteiger partial charge on any atom is 0.251 e. The zero-order valence-electron chi connectivity index (χ0n) is 18.1. The van der Waals surface area contributed by atoms with Crippen LogP contribution in [0, 0.1) is 11.8 Å². The fraction of sp³-hybridized carbons (Fsp3) is 0.560. The molecule has 5 rings (SSSR count). The molecule has 0 radical (unpaired) electrons. The Morgan fingerprint density at radius 2 is 1.84 bits per heavy atom. The Bertz CT molecular complexity index is 932. The van der Waals surface area contributed by atoms with Gasteiger partial charge in [0.05, 0.1) is 12.2 Å². The van der Waals surface area contributed by atoms with E-state index in [4.69, 9.17) is 5.10 Å². The second kappa shape index (κ2) is 8.85. The molecule has 1 N–H and O–H groups in total. The molecule has 6 nitrogen and oxygen atoms in total. The van der Waals surface area contributed by atoms with Crippen LogP contribution < -0.4 is 5.32 Å². The highest BCUT2D eigenvalue weighted by molar-refractivity contribution is 5.94. The molecule has 6 heteroatoms. The summed E-state index contributed by atoms with van der Waals surface area (Å²) in [7, 11) is 0. The van der Waals surface area contributed by atoms with Crippen molar-refractivity contribution in [2.24, 2.45) is 11.8 Å². The average molecular weight is 421 g/mol. The SMILES string of the molecule is O=C(NCCn1cc2c(n1)[C@H]1CN(C(=O)C3CCCCC3)C[C@H]1CC2)c1ccccc1. The molecule has 164 valence electrons. The van der Waals surface area contributed by atoms with Crippen LogP contribution in [-0.4, -0.2) is 46.1 Å². The van der Waals surface area contributed by atoms with Crippen molar-refractivity contribution < 1.29 is 9.59 Å². The van der Waals surface area contributed by atoms with Crippen molar-refractivity contribution >= 4 is 11.8 Å². The molecular formula is C25H32N4O2. The summed E-state index contributed by atoms with van der Waals surface area (Å²) in [6, 6.07) is 9.30. The summed E-state index contributed by atoms with van der Waals surface area (Å²) in [6.07, 6.45) is 10.1. The van der Waals surface area contributed by atoms with E-state index in [2.05, 4.69) is 16.4 Å². The van der Waals surface area contributed by atoms with Crippen LogP contribution in [0.25, 0.3) is 0 Å². The van der Waals surface area contributed by atoms with Gasteiger partial charge in [0.25, 0.3) is 5.91 Å². The molecule has 3 aliphatic rings. The Hall–Kier alpha value is -2.63. The fourth-order valence-electron chi connectivity index (χ4n) is 5.67. The van der Waals surface area contributed by atoms with Gasteiger partial charge in [-0.3, -0.25) is 14.3 Å². The molecule has 2 aliphatic carbocycles. The Morgan fingerprint density at radius 1 is 1.03 bits per heavy atom. The van der Waals surface area contributed by atoms with Crippen LogP contribution >= 0.6 is 0 Å². The minimum atomic E-state index is -0.0507. The predicted molar refractivity (Wildman–Crippen MR) is 119 cm³/mol. The summed E-state index contributed by atoms with van der Waals surface area (Å²) in [5.74, 6) is 1.50. The van der Waals surface area contributed by atoms with Crippen LogP contribution in [0.2, 0.25) is 0 Å². The second-order valence-electron chi connectivity index (χ2n) is 9.41. The Labute approximate surface area is 184 Å². The van der Waals surface area contributed by atoms with Gasteiger partial charge < -0.3 is 10.2 Å². The van der Waals surface area contributed by atoms with Crippen LogP contribution in [0.1, 0.15) is 66.1 Å². The van der Waals surface area contributed by atoms with E-state index in [1.807, 2.05) is 35.0 Å². The van der Waals surface area contributed by atoms with Gasteiger partial charge in [0, 0.05) is 43.2 Å². The number of hydrogen-bond acceptors (Lipinski definition) is 3. The lowest BCUT2D eigenvalue weighted by atomic mass is 9.81. The number of aryl methyl sites for hydroxylation is 1. The van der Waals surface area contributed by atoms with E-state index in [0.29, 0.717) is 36.4 Å². The number of fused-ring (bicyclic) bond motifs is 3. The third-order valence-electron chi connectivity index (χ3n) is 7.38. The number of nitrogens with zero attached hydrogens (tertiary/aromatic N) is 3. The molecule has 0 bridgehead atoms. The monoisotopic (exact) mass is 420 g/mol. The molecule has 2 atom stereocenters. The van der Waals surface area contributed by atoms with Gasteiger partial charge >= 0.3 is 0 Å². The lowest BCUT2D eigenvalue weighted by Gasteiger charge is -2.26. The number of carbonyl (C=O) groups excluding carboxylic acids is 2. The summed E-state index contributed by atoms with van der Waals surface area (Å²) in [5, 5.41) is 7.88. The van der Waals surface area contributed by atoms with Crippen LogP contribution in [-0.2, 0) is 17.8 Å². The number of likely N-dealkylation sites (tertiary alicyclic amines) is 1. The smallest absolute Gasteiger partial charge is 0.251 e. The highest BCUT2D eigenvalue weighted by atomic mass is 16.2. The van der Waals surface area contributed by atoms with E-state index >= 15 is 0 Å². The van der Waals surface area contributed by atoms with E-state index in [0.717, 1.165) is 38.8 Å². The predicted octanol–water partition coefficient (Wildman–Crippen LogP) is 3.38. The van der Waals surface area contributed by atoms with Gasteiger partial charge in [0.15, 0.2) is 0 Å². The minimum absolute atomic E-state index is 0.0507. The molecule has 2 heterocycles. The normalized spacial score (nSPS) is 23.3.